The molecule has 0 unspecified atom stereocenters. The van der Waals surface area contributed by atoms with E-state index in [0.29, 0.717) is 5.69 Å². The Labute approximate surface area is 146 Å². The van der Waals surface area contributed by atoms with Gasteiger partial charge in [0.15, 0.2) is 11.5 Å². The fraction of sp³-hybridized carbons (Fsp3) is 0. The number of carbonyl (C=O) groups is 2. The van der Waals surface area contributed by atoms with Crippen molar-refractivity contribution in [1.82, 2.24) is 9.97 Å². The number of nitrogens with one attached hydrogen (secondary N) is 2. The van der Waals surface area contributed by atoms with Crippen molar-refractivity contribution in [2.45, 2.75) is 0 Å². The van der Waals surface area contributed by atoms with E-state index in [1.165, 1.54) is 12.3 Å². The molecule has 0 fully saturated rings. The molecule has 0 saturated heterocycles. The zero-order chi connectivity index (χ0) is 17.9. The average molecular weight is 348 g/mol. The third kappa shape index (κ3) is 3.03. The molecule has 2 amide bonds. The van der Waals surface area contributed by atoms with Crippen LogP contribution in [0.15, 0.2) is 70.0 Å². The van der Waals surface area contributed by atoms with Crippen molar-refractivity contribution in [2.24, 2.45) is 0 Å². The second kappa shape index (κ2) is 6.52. The Hall–Kier alpha value is -3.94. The quantitative estimate of drug-likeness (QED) is 0.585. The molecule has 0 aliphatic rings. The highest BCUT2D eigenvalue weighted by atomic mass is 16.4. The molecule has 128 valence electrons. The van der Waals surface area contributed by atoms with Gasteiger partial charge in [-0.1, -0.05) is 6.07 Å². The van der Waals surface area contributed by atoms with Crippen LogP contribution in [-0.2, 0) is 0 Å². The van der Waals surface area contributed by atoms with E-state index in [4.69, 9.17) is 8.83 Å². The summed E-state index contributed by atoms with van der Waals surface area (Å²) in [6.07, 6.45) is 4.22. The lowest BCUT2D eigenvalue weighted by Crippen LogP contribution is -2.14. The van der Waals surface area contributed by atoms with Crippen LogP contribution in [0.25, 0.3) is 10.9 Å². The summed E-state index contributed by atoms with van der Waals surface area (Å²) in [5.41, 5.74) is 1.39. The van der Waals surface area contributed by atoms with Gasteiger partial charge < -0.3 is 14.2 Å². The van der Waals surface area contributed by atoms with Crippen molar-refractivity contribution in [3.8, 4) is 0 Å². The van der Waals surface area contributed by atoms with Gasteiger partial charge in [-0.2, -0.15) is 4.98 Å². The van der Waals surface area contributed by atoms with E-state index >= 15 is 0 Å². The average Bonchev–Trinajstić information content (AvgIpc) is 3.34. The third-order valence-electron chi connectivity index (χ3n) is 3.60. The van der Waals surface area contributed by atoms with Gasteiger partial charge in [0.25, 0.3) is 11.8 Å². The second-order valence-electron chi connectivity index (χ2n) is 5.30. The van der Waals surface area contributed by atoms with Gasteiger partial charge >= 0.3 is 6.01 Å². The monoisotopic (exact) mass is 348 g/mol. The summed E-state index contributed by atoms with van der Waals surface area (Å²) in [5, 5.41) is 5.98. The van der Waals surface area contributed by atoms with Gasteiger partial charge in [0.1, 0.15) is 6.26 Å². The molecule has 0 aliphatic carbocycles. The first-order valence-electron chi connectivity index (χ1n) is 7.66. The fourth-order valence-corrected chi connectivity index (χ4v) is 2.40. The predicted octanol–water partition coefficient (Wildman–Crippen LogP) is 3.32. The molecule has 0 saturated carbocycles. The maximum absolute atomic E-state index is 12.4. The Morgan fingerprint density at radius 1 is 0.923 bits per heavy atom. The minimum absolute atomic E-state index is 0.0284. The van der Waals surface area contributed by atoms with Crippen LogP contribution in [0.4, 0.5) is 11.7 Å². The largest absolute Gasteiger partial charge is 0.459 e. The molecule has 8 heteroatoms. The minimum Gasteiger partial charge on any atom is -0.459 e. The smallest absolute Gasteiger partial charge is 0.302 e. The Bertz CT molecular complexity index is 1080. The molecule has 3 aromatic heterocycles. The molecule has 1 aromatic carbocycles. The van der Waals surface area contributed by atoms with Crippen LogP contribution >= 0.6 is 0 Å². The van der Waals surface area contributed by atoms with Crippen LogP contribution in [0, 0.1) is 0 Å². The van der Waals surface area contributed by atoms with E-state index in [-0.39, 0.29) is 17.5 Å². The molecule has 0 spiro atoms. The highest BCUT2D eigenvalue weighted by Crippen LogP contribution is 2.22. The molecular formula is C18H12N4O4. The number of hydrogen-bond donors (Lipinski definition) is 2. The van der Waals surface area contributed by atoms with Crippen molar-refractivity contribution in [3.05, 3.63) is 72.6 Å². The van der Waals surface area contributed by atoms with Crippen LogP contribution in [0.5, 0.6) is 0 Å². The van der Waals surface area contributed by atoms with Gasteiger partial charge in [-0.05, 0) is 36.4 Å². The third-order valence-corrected chi connectivity index (χ3v) is 3.60. The number of anilines is 2. The predicted molar refractivity (Wildman–Crippen MR) is 92.9 cm³/mol. The number of fused-ring (bicyclic) bond motifs is 1. The molecular weight excluding hydrogens is 336 g/mol. The summed E-state index contributed by atoms with van der Waals surface area (Å²) in [6.45, 7) is 0. The van der Waals surface area contributed by atoms with Gasteiger partial charge in [-0.25, -0.2) is 0 Å². The lowest BCUT2D eigenvalue weighted by atomic mass is 10.2. The van der Waals surface area contributed by atoms with Crippen molar-refractivity contribution in [2.75, 3.05) is 10.6 Å². The fourth-order valence-electron chi connectivity index (χ4n) is 2.40. The number of furan rings is 1. The van der Waals surface area contributed by atoms with Gasteiger partial charge in [0.2, 0.25) is 0 Å². The van der Waals surface area contributed by atoms with Crippen LogP contribution < -0.4 is 10.6 Å². The van der Waals surface area contributed by atoms with Gasteiger partial charge in [0, 0.05) is 11.6 Å². The van der Waals surface area contributed by atoms with E-state index in [9.17, 15) is 9.59 Å². The number of aromatic nitrogens is 2. The number of carbonyl (C=O) groups excluding carboxylic acids is 2. The maximum Gasteiger partial charge on any atom is 0.302 e. The van der Waals surface area contributed by atoms with Crippen LogP contribution in [-0.4, -0.2) is 21.8 Å². The first kappa shape index (κ1) is 15.6. The Balaban J connectivity index is 1.50. The SMILES string of the molecule is O=C(Nc1cccc2ncccc12)c1coc(NC(=O)c2ccco2)n1. The topological polar surface area (TPSA) is 110 Å². The molecule has 0 radical (unpaired) electrons. The van der Waals surface area contributed by atoms with Crippen LogP contribution in [0.3, 0.4) is 0 Å². The van der Waals surface area contributed by atoms with Crippen molar-refractivity contribution in [3.63, 3.8) is 0 Å². The standard InChI is InChI=1S/C18H12N4O4/c23-16(20-13-6-1-5-12-11(13)4-2-8-19-12)14-10-26-18(21-14)22-17(24)15-7-3-9-25-15/h1-10H,(H,20,23)(H,21,22,24). The van der Waals surface area contributed by atoms with E-state index in [2.05, 4.69) is 20.6 Å². The number of amides is 2. The van der Waals surface area contributed by atoms with E-state index in [1.54, 1.807) is 30.5 Å². The summed E-state index contributed by atoms with van der Waals surface area (Å²) in [7, 11) is 0. The minimum atomic E-state index is -0.524. The van der Waals surface area contributed by atoms with Gasteiger partial charge in [-0.3, -0.25) is 19.9 Å². The number of nitrogens with zero attached hydrogens (tertiary/aromatic N) is 2. The zero-order valence-corrected chi connectivity index (χ0v) is 13.3. The van der Waals surface area contributed by atoms with Gasteiger partial charge in [-0.15, -0.1) is 0 Å². The van der Waals surface area contributed by atoms with Crippen LogP contribution in [0.1, 0.15) is 21.0 Å². The Morgan fingerprint density at radius 2 is 1.85 bits per heavy atom. The normalized spacial score (nSPS) is 10.6. The van der Waals surface area contributed by atoms with E-state index in [1.807, 2.05) is 12.1 Å². The molecule has 4 aromatic rings. The first-order valence-corrected chi connectivity index (χ1v) is 7.66. The van der Waals surface area contributed by atoms with Crippen molar-refractivity contribution < 1.29 is 18.4 Å². The zero-order valence-electron chi connectivity index (χ0n) is 13.3. The maximum atomic E-state index is 12.4. The molecule has 0 aliphatic heterocycles. The van der Waals surface area contributed by atoms with Gasteiger partial charge in [0.05, 0.1) is 17.5 Å². The van der Waals surface area contributed by atoms with Crippen LogP contribution in [0.2, 0.25) is 0 Å². The summed E-state index contributed by atoms with van der Waals surface area (Å²) in [5.74, 6) is -0.884. The van der Waals surface area contributed by atoms with Crippen molar-refractivity contribution in [1.29, 1.82) is 0 Å². The number of hydrogen-bond acceptors (Lipinski definition) is 6. The summed E-state index contributed by atoms with van der Waals surface area (Å²) >= 11 is 0. The highest BCUT2D eigenvalue weighted by molar-refractivity contribution is 6.08. The summed E-state index contributed by atoms with van der Waals surface area (Å²) < 4.78 is 10.1. The Morgan fingerprint density at radius 3 is 2.69 bits per heavy atom. The molecule has 8 nitrogen and oxygen atoms in total. The molecule has 0 bridgehead atoms. The number of benzene rings is 1. The molecule has 2 N–H and O–H groups in total. The number of oxazole rings is 1. The lowest BCUT2D eigenvalue weighted by molar-refractivity contribution is 0.0990. The second-order valence-corrected chi connectivity index (χ2v) is 5.30. The highest BCUT2D eigenvalue weighted by Gasteiger charge is 2.16. The molecule has 3 heterocycles. The summed E-state index contributed by atoms with van der Waals surface area (Å²) in [6, 6.07) is 12.0. The number of rotatable bonds is 4. The molecule has 4 rings (SSSR count). The first-order chi connectivity index (χ1) is 12.7. The molecule has 26 heavy (non-hydrogen) atoms. The molecule has 0 atom stereocenters. The van der Waals surface area contributed by atoms with E-state index in [0.717, 1.165) is 17.2 Å². The van der Waals surface area contributed by atoms with Crippen molar-refractivity contribution >= 4 is 34.4 Å². The van der Waals surface area contributed by atoms with E-state index < -0.39 is 11.8 Å². The number of pyridine rings is 1. The lowest BCUT2D eigenvalue weighted by Gasteiger charge is -2.06. The Kier molecular flexibility index (Phi) is 3.91. The summed E-state index contributed by atoms with van der Waals surface area (Å²) in [4.78, 5) is 32.5.